The molecule has 33 heavy (non-hydrogen) atoms. The van der Waals surface area contributed by atoms with E-state index >= 15 is 0 Å². The van der Waals surface area contributed by atoms with Crippen molar-refractivity contribution in [2.24, 2.45) is 0 Å². The normalized spacial score (nSPS) is 23.6. The summed E-state index contributed by atoms with van der Waals surface area (Å²) in [6, 6.07) is 6.41. The summed E-state index contributed by atoms with van der Waals surface area (Å²) in [6.07, 6.45) is 0.218. The van der Waals surface area contributed by atoms with Gasteiger partial charge in [-0.15, -0.1) is 0 Å². The van der Waals surface area contributed by atoms with Crippen LogP contribution >= 0.6 is 0 Å². The molecule has 1 atom stereocenters. The average Bonchev–Trinajstić information content (AvgIpc) is 2.79. The third kappa shape index (κ3) is 3.99. The number of pyridine rings is 1. The summed E-state index contributed by atoms with van der Waals surface area (Å²) >= 11 is 0. The predicted octanol–water partition coefficient (Wildman–Crippen LogP) is 4.49. The quantitative estimate of drug-likeness (QED) is 0.626. The lowest BCUT2D eigenvalue weighted by Crippen LogP contribution is -2.55. The summed E-state index contributed by atoms with van der Waals surface area (Å²) in [6.45, 7) is 6.47. The Labute approximate surface area is 189 Å². The maximum Gasteiger partial charge on any atom is 0.416 e. The maximum absolute atomic E-state index is 13.2. The van der Waals surface area contributed by atoms with Crippen LogP contribution in [0.2, 0.25) is 0 Å². The van der Waals surface area contributed by atoms with Crippen LogP contribution in [0.5, 0.6) is 0 Å². The Hall–Kier alpha value is -2.94. The van der Waals surface area contributed by atoms with Gasteiger partial charge in [0.1, 0.15) is 11.6 Å². The van der Waals surface area contributed by atoms with Crippen LogP contribution in [0.15, 0.2) is 41.3 Å². The van der Waals surface area contributed by atoms with Crippen molar-refractivity contribution >= 4 is 16.7 Å². The van der Waals surface area contributed by atoms with E-state index in [0.29, 0.717) is 28.1 Å². The first-order chi connectivity index (χ1) is 15.6. The van der Waals surface area contributed by atoms with Crippen LogP contribution in [0, 0.1) is 6.92 Å². The lowest BCUT2D eigenvalue weighted by molar-refractivity contribution is -0.137. The summed E-state index contributed by atoms with van der Waals surface area (Å²) in [5, 5.41) is 3.96. The molecule has 0 spiro atoms. The van der Waals surface area contributed by atoms with Crippen molar-refractivity contribution in [3.8, 4) is 0 Å². The molecule has 3 fully saturated rings. The minimum absolute atomic E-state index is 0.0761. The highest BCUT2D eigenvalue weighted by molar-refractivity contribution is 5.88. The van der Waals surface area contributed by atoms with Gasteiger partial charge in [-0.1, -0.05) is 12.1 Å². The van der Waals surface area contributed by atoms with Crippen molar-refractivity contribution in [1.82, 2.24) is 19.4 Å². The van der Waals surface area contributed by atoms with Crippen LogP contribution in [0.3, 0.4) is 0 Å². The zero-order chi connectivity index (χ0) is 23.4. The van der Waals surface area contributed by atoms with Crippen LogP contribution in [-0.4, -0.2) is 39.1 Å². The number of piperidine rings is 3. The number of anilines is 1. The van der Waals surface area contributed by atoms with Gasteiger partial charge in [-0.25, -0.2) is 9.97 Å². The van der Waals surface area contributed by atoms with Gasteiger partial charge in [0.05, 0.1) is 22.0 Å². The minimum atomic E-state index is -4.40. The van der Waals surface area contributed by atoms with Gasteiger partial charge in [0.25, 0.3) is 5.56 Å². The predicted molar refractivity (Wildman–Crippen MR) is 120 cm³/mol. The lowest BCUT2D eigenvalue weighted by Gasteiger charge is -2.49. The van der Waals surface area contributed by atoms with E-state index in [0.717, 1.165) is 51.0 Å². The molecular weight excluding hydrogens is 431 g/mol. The number of alkyl halides is 3. The molecule has 2 bridgehead atoms. The first kappa shape index (κ1) is 21.9. The van der Waals surface area contributed by atoms with Crippen LogP contribution in [0.4, 0.5) is 19.0 Å². The van der Waals surface area contributed by atoms with E-state index in [-0.39, 0.29) is 11.1 Å². The number of halogens is 3. The molecule has 0 saturated carbocycles. The molecule has 5 heterocycles. The third-order valence-electron chi connectivity index (χ3n) is 7.10. The molecule has 0 amide bonds. The maximum atomic E-state index is 13.2. The second-order valence-corrected chi connectivity index (χ2v) is 9.21. The topological polar surface area (TPSA) is 63.1 Å². The zero-order valence-corrected chi connectivity index (χ0v) is 18.6. The van der Waals surface area contributed by atoms with Crippen molar-refractivity contribution in [3.05, 3.63) is 63.8 Å². The number of benzene rings is 1. The Morgan fingerprint density at radius 1 is 1.09 bits per heavy atom. The standard InChI is InChI=1S/C24H26F3N5O/c1-15(17-4-3-5-18(12-17)24(25,26)27)28-22-19-14-32(21(33)13-20(19)29-16(2)30-22)23-6-9-31(10-7-23)11-8-23/h3-5,12-15H,6-11H2,1-2H3,(H,28,29,30)/t15-/m1/s1. The monoisotopic (exact) mass is 457 g/mol. The van der Waals surface area contributed by atoms with Gasteiger partial charge in [0, 0.05) is 37.9 Å². The third-order valence-corrected chi connectivity index (χ3v) is 7.10. The number of nitrogens with zero attached hydrogens (tertiary/aromatic N) is 4. The number of rotatable bonds is 4. The van der Waals surface area contributed by atoms with E-state index < -0.39 is 17.8 Å². The van der Waals surface area contributed by atoms with Gasteiger partial charge in [-0.2, -0.15) is 13.2 Å². The van der Waals surface area contributed by atoms with Crippen molar-refractivity contribution in [1.29, 1.82) is 0 Å². The number of aryl methyl sites for hydroxylation is 1. The van der Waals surface area contributed by atoms with Gasteiger partial charge in [-0.05, 0) is 50.8 Å². The average molecular weight is 458 g/mol. The fraction of sp³-hybridized carbons (Fsp3) is 0.458. The molecule has 3 aromatic rings. The number of hydrogen-bond donors (Lipinski definition) is 1. The molecule has 9 heteroatoms. The first-order valence-corrected chi connectivity index (χ1v) is 11.2. The molecule has 3 aliphatic heterocycles. The zero-order valence-electron chi connectivity index (χ0n) is 18.6. The van der Waals surface area contributed by atoms with Crippen LogP contribution < -0.4 is 10.9 Å². The SMILES string of the molecule is Cc1nc(N[C@H](C)c2cccc(C(F)(F)F)c2)c2cn(C34CCN(CC3)CC4)c(=O)cc2n1. The fourth-order valence-corrected chi connectivity index (χ4v) is 5.14. The number of hydrogen-bond acceptors (Lipinski definition) is 5. The Morgan fingerprint density at radius 2 is 1.79 bits per heavy atom. The molecule has 1 N–H and O–H groups in total. The van der Waals surface area contributed by atoms with E-state index in [4.69, 9.17) is 0 Å². The van der Waals surface area contributed by atoms with Gasteiger partial charge >= 0.3 is 6.18 Å². The molecule has 2 aromatic heterocycles. The van der Waals surface area contributed by atoms with Gasteiger partial charge in [0.15, 0.2) is 0 Å². The summed E-state index contributed by atoms with van der Waals surface area (Å²) < 4.78 is 41.4. The second-order valence-electron chi connectivity index (χ2n) is 9.21. The Morgan fingerprint density at radius 3 is 2.45 bits per heavy atom. The van der Waals surface area contributed by atoms with Crippen LogP contribution in [-0.2, 0) is 11.7 Å². The molecule has 0 unspecified atom stereocenters. The van der Waals surface area contributed by atoms with Crippen LogP contribution in [0.25, 0.3) is 10.9 Å². The van der Waals surface area contributed by atoms with Crippen molar-refractivity contribution in [3.63, 3.8) is 0 Å². The smallest absolute Gasteiger partial charge is 0.363 e. The second kappa shape index (κ2) is 7.83. The molecular formula is C24H26F3N5O. The highest BCUT2D eigenvalue weighted by Gasteiger charge is 2.41. The summed E-state index contributed by atoms with van der Waals surface area (Å²) in [5.41, 5.74) is 0.0733. The van der Waals surface area contributed by atoms with E-state index in [1.807, 2.05) is 10.8 Å². The van der Waals surface area contributed by atoms with Crippen molar-refractivity contribution < 1.29 is 13.2 Å². The molecule has 174 valence electrons. The van der Waals surface area contributed by atoms with E-state index in [2.05, 4.69) is 20.2 Å². The Bertz CT molecular complexity index is 1250. The summed E-state index contributed by atoms with van der Waals surface area (Å²) in [5.74, 6) is 1.00. The fourth-order valence-electron chi connectivity index (χ4n) is 5.14. The van der Waals surface area contributed by atoms with Crippen molar-refractivity contribution in [2.75, 3.05) is 25.0 Å². The Balaban J connectivity index is 1.55. The Kier molecular flexibility index (Phi) is 5.19. The molecule has 3 saturated heterocycles. The van der Waals surface area contributed by atoms with Gasteiger partial charge in [0.2, 0.25) is 0 Å². The van der Waals surface area contributed by atoms with Gasteiger partial charge in [-0.3, -0.25) is 4.79 Å². The van der Waals surface area contributed by atoms with Crippen molar-refractivity contribution in [2.45, 2.75) is 50.9 Å². The molecule has 6 rings (SSSR count). The van der Waals surface area contributed by atoms with E-state index in [1.54, 1.807) is 26.0 Å². The van der Waals surface area contributed by atoms with Crippen LogP contribution in [0.1, 0.15) is 49.2 Å². The molecule has 0 radical (unpaired) electrons. The number of nitrogens with one attached hydrogen (secondary N) is 1. The highest BCUT2D eigenvalue weighted by atomic mass is 19.4. The van der Waals surface area contributed by atoms with E-state index in [9.17, 15) is 18.0 Å². The van der Waals surface area contributed by atoms with Gasteiger partial charge < -0.3 is 14.8 Å². The highest BCUT2D eigenvalue weighted by Crippen LogP contribution is 2.38. The molecule has 6 nitrogen and oxygen atoms in total. The van der Waals surface area contributed by atoms with E-state index in [1.165, 1.54) is 6.07 Å². The number of fused-ring (bicyclic) bond motifs is 4. The largest absolute Gasteiger partial charge is 0.416 e. The summed E-state index contributed by atoms with van der Waals surface area (Å²) in [7, 11) is 0. The number of aromatic nitrogens is 3. The summed E-state index contributed by atoms with van der Waals surface area (Å²) in [4.78, 5) is 24.5. The minimum Gasteiger partial charge on any atom is -0.363 e. The lowest BCUT2D eigenvalue weighted by atomic mass is 9.79. The molecule has 3 aliphatic rings. The molecule has 1 aromatic carbocycles. The molecule has 0 aliphatic carbocycles. The first-order valence-electron chi connectivity index (χ1n) is 11.2.